The Labute approximate surface area is 249 Å². The molecule has 0 saturated carbocycles. The fourth-order valence-electron chi connectivity index (χ4n) is 5.41. The van der Waals surface area contributed by atoms with E-state index in [1.807, 2.05) is 24.3 Å². The Morgan fingerprint density at radius 1 is 1.16 bits per heavy atom. The van der Waals surface area contributed by atoms with E-state index in [4.69, 9.17) is 9.47 Å². The average molecular weight is 590 g/mol. The van der Waals surface area contributed by atoms with Crippen LogP contribution in [0.25, 0.3) is 5.57 Å². The zero-order valence-electron chi connectivity index (χ0n) is 24.6. The van der Waals surface area contributed by atoms with Crippen molar-refractivity contribution in [1.82, 2.24) is 10.2 Å². The van der Waals surface area contributed by atoms with E-state index in [2.05, 4.69) is 16.0 Å². The zero-order chi connectivity index (χ0) is 30.9. The third-order valence-electron chi connectivity index (χ3n) is 7.50. The van der Waals surface area contributed by atoms with Gasteiger partial charge in [0.2, 0.25) is 5.91 Å². The SMILES string of the molecule is COc1cc(C2=CC3=C(CNc4cc(CC(=O)N5CCC(NC(=O)OC(C)(C)C)C5)ccc4N3)C(=O)C2)ccc1[N+](=O)[O-]. The number of anilines is 2. The summed E-state index contributed by atoms with van der Waals surface area (Å²) in [6.07, 6.45) is 2.42. The molecule has 0 aromatic heterocycles. The molecule has 3 aliphatic rings. The summed E-state index contributed by atoms with van der Waals surface area (Å²) in [5.74, 6) is 0.0348. The lowest BCUT2D eigenvalue weighted by Crippen LogP contribution is -2.41. The molecule has 12 nitrogen and oxygen atoms in total. The van der Waals surface area contributed by atoms with Crippen LogP contribution >= 0.6 is 0 Å². The van der Waals surface area contributed by atoms with Crippen molar-refractivity contribution >= 4 is 40.4 Å². The molecule has 5 rings (SSSR count). The van der Waals surface area contributed by atoms with Gasteiger partial charge in [-0.2, -0.15) is 0 Å². The van der Waals surface area contributed by atoms with Crippen LogP contribution in [0, 0.1) is 10.1 Å². The van der Waals surface area contributed by atoms with Gasteiger partial charge in [-0.05, 0) is 74.2 Å². The minimum absolute atomic E-state index is 0.0336. The molecule has 1 fully saturated rings. The number of rotatable bonds is 6. The van der Waals surface area contributed by atoms with Gasteiger partial charge in [-0.25, -0.2) is 4.79 Å². The van der Waals surface area contributed by atoms with Crippen LogP contribution < -0.4 is 20.7 Å². The second kappa shape index (κ2) is 11.8. The third kappa shape index (κ3) is 6.79. The highest BCUT2D eigenvalue weighted by Crippen LogP contribution is 2.37. The summed E-state index contributed by atoms with van der Waals surface area (Å²) in [4.78, 5) is 50.9. The number of ketones is 1. The van der Waals surface area contributed by atoms with Crippen molar-refractivity contribution in [1.29, 1.82) is 0 Å². The minimum atomic E-state index is -0.589. The number of Topliss-reactive ketones (excluding diaryl/α,β-unsaturated/α-hetero) is 1. The summed E-state index contributed by atoms with van der Waals surface area (Å²) in [6.45, 7) is 6.70. The zero-order valence-corrected chi connectivity index (χ0v) is 24.6. The average Bonchev–Trinajstić information content (AvgIpc) is 3.32. The fourth-order valence-corrected chi connectivity index (χ4v) is 5.41. The summed E-state index contributed by atoms with van der Waals surface area (Å²) < 4.78 is 10.5. The van der Waals surface area contributed by atoms with Gasteiger partial charge in [-0.15, -0.1) is 0 Å². The predicted octanol–water partition coefficient (Wildman–Crippen LogP) is 4.42. The number of likely N-dealkylation sites (tertiary alicyclic amines) is 1. The molecule has 12 heteroatoms. The van der Waals surface area contributed by atoms with Gasteiger partial charge in [0.25, 0.3) is 0 Å². The molecule has 2 aliphatic heterocycles. The Morgan fingerprint density at radius 2 is 1.95 bits per heavy atom. The molecule has 2 aromatic rings. The van der Waals surface area contributed by atoms with Crippen LogP contribution in [0.5, 0.6) is 5.75 Å². The van der Waals surface area contributed by atoms with Gasteiger partial charge >= 0.3 is 11.8 Å². The number of nitro groups is 1. The number of nitrogens with zero attached hydrogens (tertiary/aromatic N) is 2. The molecular weight excluding hydrogens is 554 g/mol. The molecule has 1 aliphatic carbocycles. The first-order valence-corrected chi connectivity index (χ1v) is 14.1. The van der Waals surface area contributed by atoms with Crippen LogP contribution in [0.15, 0.2) is 53.7 Å². The first-order valence-electron chi connectivity index (χ1n) is 14.1. The number of hydrogen-bond acceptors (Lipinski definition) is 9. The normalized spacial score (nSPS) is 18.0. The van der Waals surface area contributed by atoms with E-state index in [9.17, 15) is 24.5 Å². The van der Waals surface area contributed by atoms with Gasteiger partial charge in [0.15, 0.2) is 11.5 Å². The molecule has 3 N–H and O–H groups in total. The number of carbonyl (C=O) groups excluding carboxylic acids is 3. The lowest BCUT2D eigenvalue weighted by molar-refractivity contribution is -0.385. The third-order valence-corrected chi connectivity index (χ3v) is 7.50. The number of hydrogen-bond donors (Lipinski definition) is 3. The summed E-state index contributed by atoms with van der Waals surface area (Å²) in [6, 6.07) is 10.1. The maximum Gasteiger partial charge on any atom is 0.407 e. The summed E-state index contributed by atoms with van der Waals surface area (Å²) in [7, 11) is 1.37. The number of fused-ring (bicyclic) bond motifs is 1. The van der Waals surface area contributed by atoms with E-state index in [0.29, 0.717) is 42.9 Å². The number of benzene rings is 2. The van der Waals surface area contributed by atoms with Gasteiger partial charge in [-0.3, -0.25) is 19.7 Å². The smallest absolute Gasteiger partial charge is 0.407 e. The van der Waals surface area contributed by atoms with Crippen molar-refractivity contribution in [3.63, 3.8) is 0 Å². The quantitative estimate of drug-likeness (QED) is 0.328. The highest BCUT2D eigenvalue weighted by atomic mass is 16.6. The van der Waals surface area contributed by atoms with Crippen molar-refractivity contribution in [2.45, 2.75) is 51.7 Å². The van der Waals surface area contributed by atoms with Crippen LogP contribution in [-0.2, 0) is 20.7 Å². The summed E-state index contributed by atoms with van der Waals surface area (Å²) in [5, 5.41) is 20.8. The predicted molar refractivity (Wildman–Crippen MR) is 161 cm³/mol. The van der Waals surface area contributed by atoms with Gasteiger partial charge in [0, 0.05) is 43.4 Å². The Bertz CT molecular complexity index is 1560. The van der Waals surface area contributed by atoms with E-state index in [-0.39, 0.29) is 42.0 Å². The lowest BCUT2D eigenvalue weighted by Gasteiger charge is -2.22. The maximum absolute atomic E-state index is 13.2. The second-order valence-corrected chi connectivity index (χ2v) is 11.8. The molecule has 1 unspecified atom stereocenters. The second-order valence-electron chi connectivity index (χ2n) is 11.8. The molecule has 1 saturated heterocycles. The van der Waals surface area contributed by atoms with E-state index in [1.54, 1.807) is 37.8 Å². The lowest BCUT2D eigenvalue weighted by atomic mass is 9.90. The van der Waals surface area contributed by atoms with Crippen molar-refractivity contribution in [3.8, 4) is 5.75 Å². The van der Waals surface area contributed by atoms with Crippen LogP contribution in [-0.4, -0.2) is 66.0 Å². The monoisotopic (exact) mass is 589 g/mol. The number of amides is 2. The number of alkyl carbamates (subject to hydrolysis) is 1. The van der Waals surface area contributed by atoms with Crippen LogP contribution in [0.3, 0.4) is 0 Å². The highest BCUT2D eigenvalue weighted by molar-refractivity contribution is 6.07. The molecular formula is C31H35N5O7. The summed E-state index contributed by atoms with van der Waals surface area (Å²) in [5.41, 5.74) is 4.26. The highest BCUT2D eigenvalue weighted by Gasteiger charge is 2.30. The first-order chi connectivity index (χ1) is 20.4. The Hall–Kier alpha value is -4.87. The number of nitrogens with one attached hydrogen (secondary N) is 3. The molecule has 43 heavy (non-hydrogen) atoms. The Balaban J connectivity index is 1.26. The van der Waals surface area contributed by atoms with Crippen LogP contribution in [0.2, 0.25) is 0 Å². The van der Waals surface area contributed by atoms with E-state index in [1.165, 1.54) is 13.2 Å². The topological polar surface area (TPSA) is 152 Å². The first kappa shape index (κ1) is 29.6. The van der Waals surface area contributed by atoms with Gasteiger partial charge in [0.1, 0.15) is 5.60 Å². The van der Waals surface area contributed by atoms with Crippen molar-refractivity contribution in [2.24, 2.45) is 0 Å². The number of carbonyl (C=O) groups is 3. The molecule has 0 bridgehead atoms. The van der Waals surface area contributed by atoms with Crippen molar-refractivity contribution < 1.29 is 28.8 Å². The van der Waals surface area contributed by atoms with Gasteiger partial charge in [0.05, 0.1) is 35.9 Å². The Kier molecular flexibility index (Phi) is 8.12. The van der Waals surface area contributed by atoms with Crippen molar-refractivity contribution in [3.05, 3.63) is 75.0 Å². The van der Waals surface area contributed by atoms with Gasteiger partial charge < -0.3 is 30.3 Å². The molecule has 2 heterocycles. The molecule has 226 valence electrons. The maximum atomic E-state index is 13.2. The Morgan fingerprint density at radius 3 is 2.67 bits per heavy atom. The van der Waals surface area contributed by atoms with Crippen LogP contribution in [0.4, 0.5) is 21.9 Å². The molecule has 2 amide bonds. The van der Waals surface area contributed by atoms with Crippen LogP contribution in [0.1, 0.15) is 44.7 Å². The number of nitro benzene ring substituents is 1. The van der Waals surface area contributed by atoms with E-state index < -0.39 is 16.6 Å². The fraction of sp³-hybridized carbons (Fsp3) is 0.387. The van der Waals surface area contributed by atoms with E-state index >= 15 is 0 Å². The standard InChI is InChI=1S/C31H35N5O7/c1-31(2,3)43-30(39)33-21-9-10-35(17-21)29(38)12-18-5-7-23-25(11-18)32-16-22-24(34-23)13-20(14-27(22)37)19-6-8-26(36(40)41)28(15-19)42-4/h5-8,11,13,15,21,32,34H,9-10,12,14,16-17H2,1-4H3,(H,33,39). The molecule has 1 atom stereocenters. The number of methoxy groups -OCH3 is 1. The molecule has 2 aromatic carbocycles. The number of ether oxygens (including phenoxy) is 2. The molecule has 0 spiro atoms. The minimum Gasteiger partial charge on any atom is -0.490 e. The summed E-state index contributed by atoms with van der Waals surface area (Å²) >= 11 is 0. The molecule has 0 radical (unpaired) electrons. The van der Waals surface area contributed by atoms with Gasteiger partial charge in [-0.1, -0.05) is 6.07 Å². The number of allylic oxidation sites excluding steroid dienone is 2. The van der Waals surface area contributed by atoms with E-state index in [0.717, 1.165) is 22.5 Å². The van der Waals surface area contributed by atoms with Crippen molar-refractivity contribution in [2.75, 3.05) is 37.4 Å². The largest absolute Gasteiger partial charge is 0.490 e.